The first-order chi connectivity index (χ1) is 9.10. The molecule has 0 fully saturated rings. The predicted octanol–water partition coefficient (Wildman–Crippen LogP) is 4.49. The SMILES string of the molecule is Cc1ccc(Cl)c(OC(CN)c2ccc(Br)cc2)c1. The highest BCUT2D eigenvalue weighted by molar-refractivity contribution is 9.10. The van der Waals surface area contributed by atoms with Crippen molar-refractivity contribution in [1.29, 1.82) is 0 Å². The van der Waals surface area contributed by atoms with Crippen LogP contribution in [0.1, 0.15) is 17.2 Å². The lowest BCUT2D eigenvalue weighted by Gasteiger charge is -2.19. The molecule has 0 radical (unpaired) electrons. The van der Waals surface area contributed by atoms with Gasteiger partial charge in [0, 0.05) is 11.0 Å². The molecular formula is C15H15BrClNO. The molecule has 0 aliphatic rings. The van der Waals surface area contributed by atoms with Crippen LogP contribution in [0.4, 0.5) is 0 Å². The van der Waals surface area contributed by atoms with Crippen LogP contribution in [0.5, 0.6) is 5.75 Å². The molecule has 0 bridgehead atoms. The van der Waals surface area contributed by atoms with Crippen molar-refractivity contribution in [2.45, 2.75) is 13.0 Å². The maximum Gasteiger partial charge on any atom is 0.139 e. The number of hydrogen-bond acceptors (Lipinski definition) is 2. The van der Waals surface area contributed by atoms with Crippen LogP contribution in [0.2, 0.25) is 5.02 Å². The Labute approximate surface area is 126 Å². The van der Waals surface area contributed by atoms with Gasteiger partial charge in [-0.2, -0.15) is 0 Å². The van der Waals surface area contributed by atoms with E-state index in [0.717, 1.165) is 15.6 Å². The number of nitrogens with two attached hydrogens (primary N) is 1. The normalized spacial score (nSPS) is 12.2. The first-order valence-corrected chi connectivity index (χ1v) is 7.15. The number of halogens is 2. The molecule has 0 heterocycles. The van der Waals surface area contributed by atoms with E-state index in [-0.39, 0.29) is 6.10 Å². The van der Waals surface area contributed by atoms with Gasteiger partial charge < -0.3 is 10.5 Å². The lowest BCUT2D eigenvalue weighted by atomic mass is 10.1. The highest BCUT2D eigenvalue weighted by Crippen LogP contribution is 2.30. The van der Waals surface area contributed by atoms with Crippen LogP contribution < -0.4 is 10.5 Å². The molecule has 0 aliphatic heterocycles. The molecule has 2 rings (SSSR count). The molecule has 100 valence electrons. The van der Waals surface area contributed by atoms with Crippen molar-refractivity contribution >= 4 is 27.5 Å². The minimum Gasteiger partial charge on any atom is -0.483 e. The van der Waals surface area contributed by atoms with Crippen LogP contribution in [0.15, 0.2) is 46.9 Å². The Morgan fingerprint density at radius 1 is 1.21 bits per heavy atom. The zero-order chi connectivity index (χ0) is 13.8. The smallest absolute Gasteiger partial charge is 0.139 e. The molecule has 2 aromatic rings. The standard InChI is InChI=1S/C15H15BrClNO/c1-10-2-7-13(17)14(8-10)19-15(9-18)11-3-5-12(16)6-4-11/h2-8,15H,9,18H2,1H3. The second-order valence-electron chi connectivity index (χ2n) is 4.33. The summed E-state index contributed by atoms with van der Waals surface area (Å²) in [7, 11) is 0. The fourth-order valence-corrected chi connectivity index (χ4v) is 2.21. The van der Waals surface area contributed by atoms with E-state index in [1.165, 1.54) is 0 Å². The average Bonchev–Trinajstić information content (AvgIpc) is 2.41. The van der Waals surface area contributed by atoms with Gasteiger partial charge in [0.1, 0.15) is 11.9 Å². The molecule has 0 amide bonds. The van der Waals surface area contributed by atoms with Crippen LogP contribution in [-0.2, 0) is 0 Å². The van der Waals surface area contributed by atoms with Crippen LogP contribution >= 0.6 is 27.5 Å². The highest BCUT2D eigenvalue weighted by Gasteiger charge is 2.13. The van der Waals surface area contributed by atoms with Crippen molar-refractivity contribution in [3.8, 4) is 5.75 Å². The van der Waals surface area contributed by atoms with E-state index in [4.69, 9.17) is 22.1 Å². The van der Waals surface area contributed by atoms with E-state index in [1.807, 2.05) is 49.4 Å². The fourth-order valence-electron chi connectivity index (χ4n) is 1.78. The lowest BCUT2D eigenvalue weighted by molar-refractivity contribution is 0.214. The molecule has 4 heteroatoms. The maximum atomic E-state index is 6.14. The summed E-state index contributed by atoms with van der Waals surface area (Å²) in [6, 6.07) is 13.6. The Morgan fingerprint density at radius 3 is 2.53 bits per heavy atom. The molecule has 0 saturated heterocycles. The fraction of sp³-hybridized carbons (Fsp3) is 0.200. The van der Waals surface area contributed by atoms with Crippen molar-refractivity contribution in [1.82, 2.24) is 0 Å². The summed E-state index contributed by atoms with van der Waals surface area (Å²) >= 11 is 9.55. The van der Waals surface area contributed by atoms with Crippen molar-refractivity contribution in [2.24, 2.45) is 5.73 Å². The minimum absolute atomic E-state index is 0.201. The second-order valence-corrected chi connectivity index (χ2v) is 5.65. The van der Waals surface area contributed by atoms with Crippen molar-refractivity contribution in [3.63, 3.8) is 0 Å². The summed E-state index contributed by atoms with van der Waals surface area (Å²) in [5.74, 6) is 0.667. The summed E-state index contributed by atoms with van der Waals surface area (Å²) in [5.41, 5.74) is 7.93. The minimum atomic E-state index is -0.201. The first kappa shape index (κ1) is 14.4. The summed E-state index contributed by atoms with van der Waals surface area (Å²) in [5, 5.41) is 0.598. The van der Waals surface area contributed by atoms with E-state index >= 15 is 0 Å². The van der Waals surface area contributed by atoms with Gasteiger partial charge in [-0.1, -0.05) is 45.7 Å². The Hall–Kier alpha value is -1.03. The third kappa shape index (κ3) is 3.72. The highest BCUT2D eigenvalue weighted by atomic mass is 79.9. The Kier molecular flexibility index (Phi) is 4.86. The van der Waals surface area contributed by atoms with Gasteiger partial charge >= 0.3 is 0 Å². The monoisotopic (exact) mass is 339 g/mol. The molecule has 1 atom stereocenters. The van der Waals surface area contributed by atoms with Gasteiger partial charge in [0.15, 0.2) is 0 Å². The number of hydrogen-bond donors (Lipinski definition) is 1. The quantitative estimate of drug-likeness (QED) is 0.890. The summed E-state index contributed by atoms with van der Waals surface area (Å²) in [6.45, 7) is 2.40. The lowest BCUT2D eigenvalue weighted by Crippen LogP contribution is -2.18. The van der Waals surface area contributed by atoms with E-state index in [2.05, 4.69) is 15.9 Å². The van der Waals surface area contributed by atoms with E-state index in [1.54, 1.807) is 0 Å². The zero-order valence-corrected chi connectivity index (χ0v) is 12.9. The topological polar surface area (TPSA) is 35.2 Å². The number of rotatable bonds is 4. The Bertz CT molecular complexity index is 557. The number of benzene rings is 2. The van der Waals surface area contributed by atoms with E-state index < -0.39 is 0 Å². The second kappa shape index (κ2) is 6.42. The van der Waals surface area contributed by atoms with Crippen molar-refractivity contribution < 1.29 is 4.74 Å². The molecule has 19 heavy (non-hydrogen) atoms. The van der Waals surface area contributed by atoms with Gasteiger partial charge in [-0.05, 0) is 42.3 Å². The largest absolute Gasteiger partial charge is 0.483 e. The Morgan fingerprint density at radius 2 is 1.89 bits per heavy atom. The maximum absolute atomic E-state index is 6.14. The molecule has 0 aliphatic carbocycles. The Balaban J connectivity index is 2.23. The van der Waals surface area contributed by atoms with Gasteiger partial charge in [0.25, 0.3) is 0 Å². The van der Waals surface area contributed by atoms with Crippen molar-refractivity contribution in [2.75, 3.05) is 6.54 Å². The predicted molar refractivity (Wildman–Crippen MR) is 82.8 cm³/mol. The summed E-state index contributed by atoms with van der Waals surface area (Å²) in [6.07, 6.45) is -0.201. The molecule has 2 N–H and O–H groups in total. The van der Waals surface area contributed by atoms with Crippen LogP contribution in [0.25, 0.3) is 0 Å². The number of aryl methyl sites for hydroxylation is 1. The molecular weight excluding hydrogens is 326 g/mol. The van der Waals surface area contributed by atoms with Crippen molar-refractivity contribution in [3.05, 3.63) is 63.1 Å². The van der Waals surface area contributed by atoms with Gasteiger partial charge in [-0.3, -0.25) is 0 Å². The van der Waals surface area contributed by atoms with Gasteiger partial charge in [-0.15, -0.1) is 0 Å². The molecule has 1 unspecified atom stereocenters. The average molecular weight is 341 g/mol. The zero-order valence-electron chi connectivity index (χ0n) is 10.6. The molecule has 0 spiro atoms. The van der Waals surface area contributed by atoms with E-state index in [9.17, 15) is 0 Å². The van der Waals surface area contributed by atoms with Gasteiger partial charge in [0.05, 0.1) is 5.02 Å². The van der Waals surface area contributed by atoms with Crippen LogP contribution in [-0.4, -0.2) is 6.54 Å². The molecule has 2 nitrogen and oxygen atoms in total. The van der Waals surface area contributed by atoms with Gasteiger partial charge in [-0.25, -0.2) is 0 Å². The number of ether oxygens (including phenoxy) is 1. The van der Waals surface area contributed by atoms with E-state index in [0.29, 0.717) is 17.3 Å². The molecule has 2 aromatic carbocycles. The van der Waals surface area contributed by atoms with Gasteiger partial charge in [0.2, 0.25) is 0 Å². The molecule has 0 aromatic heterocycles. The van der Waals surface area contributed by atoms with Crippen LogP contribution in [0, 0.1) is 6.92 Å². The van der Waals surface area contributed by atoms with Crippen LogP contribution in [0.3, 0.4) is 0 Å². The summed E-state index contributed by atoms with van der Waals surface area (Å²) in [4.78, 5) is 0. The molecule has 0 saturated carbocycles. The first-order valence-electron chi connectivity index (χ1n) is 5.98. The third-order valence-electron chi connectivity index (χ3n) is 2.81. The summed E-state index contributed by atoms with van der Waals surface area (Å²) < 4.78 is 6.96. The third-order valence-corrected chi connectivity index (χ3v) is 3.65.